The van der Waals surface area contributed by atoms with Gasteiger partial charge < -0.3 is 4.90 Å². The molecular formula is C21H20N2O3S. The number of sulfone groups is 1. The normalized spacial score (nSPS) is 11.1. The van der Waals surface area contributed by atoms with Gasteiger partial charge in [-0.25, -0.2) is 8.42 Å². The molecule has 0 N–H and O–H groups in total. The molecule has 0 unspecified atom stereocenters. The third-order valence-electron chi connectivity index (χ3n) is 4.12. The highest BCUT2D eigenvalue weighted by Gasteiger charge is 2.21. The van der Waals surface area contributed by atoms with E-state index in [1.54, 1.807) is 47.6 Å². The standard InChI is InChI=1S/C21H20N2O3S/c24-21(13-15-27(25,26)20-11-5-2-6-12-20)23(19-9-3-1-4-10-19)17-18-8-7-14-22-16-18/h1-12,14,16H,13,15,17H2. The first-order valence-corrected chi connectivity index (χ1v) is 10.2. The Kier molecular flexibility index (Phi) is 5.98. The van der Waals surface area contributed by atoms with Gasteiger partial charge in [0.2, 0.25) is 5.91 Å². The zero-order valence-corrected chi connectivity index (χ0v) is 15.5. The molecular weight excluding hydrogens is 360 g/mol. The third kappa shape index (κ3) is 5.01. The number of amides is 1. The maximum atomic E-state index is 12.9. The topological polar surface area (TPSA) is 67.3 Å². The predicted molar refractivity (Wildman–Crippen MR) is 105 cm³/mol. The number of nitrogens with zero attached hydrogens (tertiary/aromatic N) is 2. The first kappa shape index (κ1) is 18.8. The Bertz CT molecular complexity index is 976. The van der Waals surface area contributed by atoms with Crippen LogP contribution < -0.4 is 4.90 Å². The Labute approximate surface area is 159 Å². The summed E-state index contributed by atoms with van der Waals surface area (Å²) in [7, 11) is -3.50. The Hall–Kier alpha value is -2.99. The number of hydrogen-bond donors (Lipinski definition) is 0. The minimum atomic E-state index is -3.50. The molecule has 0 aliphatic heterocycles. The number of pyridine rings is 1. The summed E-state index contributed by atoms with van der Waals surface area (Å²) < 4.78 is 24.9. The van der Waals surface area contributed by atoms with E-state index in [0.717, 1.165) is 11.3 Å². The van der Waals surface area contributed by atoms with Crippen molar-refractivity contribution < 1.29 is 13.2 Å². The van der Waals surface area contributed by atoms with E-state index in [9.17, 15) is 13.2 Å². The molecule has 0 aliphatic rings. The smallest absolute Gasteiger partial charge is 0.228 e. The van der Waals surface area contributed by atoms with Crippen LogP contribution in [0.15, 0.2) is 90.1 Å². The Morgan fingerprint density at radius 3 is 2.19 bits per heavy atom. The van der Waals surface area contributed by atoms with Crippen molar-refractivity contribution in [3.05, 3.63) is 90.8 Å². The number of anilines is 1. The second-order valence-corrected chi connectivity index (χ2v) is 8.17. The lowest BCUT2D eigenvalue weighted by Crippen LogP contribution is -2.31. The van der Waals surface area contributed by atoms with E-state index in [0.29, 0.717) is 6.54 Å². The van der Waals surface area contributed by atoms with Crippen molar-refractivity contribution in [1.29, 1.82) is 0 Å². The van der Waals surface area contributed by atoms with Gasteiger partial charge in [0.25, 0.3) is 0 Å². The summed E-state index contributed by atoms with van der Waals surface area (Å²) in [4.78, 5) is 18.8. The van der Waals surface area contributed by atoms with Crippen molar-refractivity contribution in [2.24, 2.45) is 0 Å². The molecule has 0 radical (unpaired) electrons. The minimum Gasteiger partial charge on any atom is -0.308 e. The molecule has 0 aliphatic carbocycles. The van der Waals surface area contributed by atoms with E-state index in [1.807, 2.05) is 42.5 Å². The van der Waals surface area contributed by atoms with Gasteiger partial charge in [-0.2, -0.15) is 0 Å². The van der Waals surface area contributed by atoms with Crippen LogP contribution in [-0.4, -0.2) is 25.1 Å². The lowest BCUT2D eigenvalue weighted by Gasteiger charge is -2.23. The number of benzene rings is 2. The summed E-state index contributed by atoms with van der Waals surface area (Å²) in [5.74, 6) is -0.476. The molecule has 1 heterocycles. The molecule has 6 heteroatoms. The number of para-hydroxylation sites is 1. The van der Waals surface area contributed by atoms with Gasteiger partial charge >= 0.3 is 0 Å². The molecule has 3 aromatic rings. The average Bonchev–Trinajstić information content (AvgIpc) is 2.72. The summed E-state index contributed by atoms with van der Waals surface area (Å²) in [6.07, 6.45) is 3.28. The molecule has 3 rings (SSSR count). The maximum Gasteiger partial charge on any atom is 0.228 e. The summed E-state index contributed by atoms with van der Waals surface area (Å²) in [5.41, 5.74) is 1.60. The van der Waals surface area contributed by atoms with Gasteiger partial charge in [-0.1, -0.05) is 42.5 Å². The number of aromatic nitrogens is 1. The summed E-state index contributed by atoms with van der Waals surface area (Å²) in [6, 6.07) is 21.1. The molecule has 0 saturated heterocycles. The molecule has 2 aromatic carbocycles. The second kappa shape index (κ2) is 8.60. The fourth-order valence-electron chi connectivity index (χ4n) is 2.71. The van der Waals surface area contributed by atoms with Crippen LogP contribution in [0, 0.1) is 0 Å². The van der Waals surface area contributed by atoms with Crippen molar-refractivity contribution in [2.75, 3.05) is 10.7 Å². The fraction of sp³-hybridized carbons (Fsp3) is 0.143. The summed E-state index contributed by atoms with van der Waals surface area (Å²) in [5, 5.41) is 0. The Morgan fingerprint density at radius 1 is 0.889 bits per heavy atom. The van der Waals surface area contributed by atoms with E-state index < -0.39 is 9.84 Å². The maximum absolute atomic E-state index is 12.9. The first-order valence-electron chi connectivity index (χ1n) is 8.58. The lowest BCUT2D eigenvalue weighted by atomic mass is 10.2. The summed E-state index contributed by atoms with van der Waals surface area (Å²) >= 11 is 0. The van der Waals surface area contributed by atoms with Crippen LogP contribution in [-0.2, 0) is 21.2 Å². The quantitative estimate of drug-likeness (QED) is 0.629. The van der Waals surface area contributed by atoms with Crippen LogP contribution in [0.25, 0.3) is 0 Å². The van der Waals surface area contributed by atoms with Crippen molar-refractivity contribution >= 4 is 21.4 Å². The van der Waals surface area contributed by atoms with Crippen molar-refractivity contribution in [2.45, 2.75) is 17.9 Å². The first-order chi connectivity index (χ1) is 13.1. The van der Waals surface area contributed by atoms with Crippen LogP contribution >= 0.6 is 0 Å². The highest BCUT2D eigenvalue weighted by Crippen LogP contribution is 2.19. The number of carbonyl (C=O) groups excluding carboxylic acids is 1. The van der Waals surface area contributed by atoms with Crippen LogP contribution in [0.5, 0.6) is 0 Å². The van der Waals surface area contributed by atoms with E-state index in [1.165, 1.54) is 0 Å². The number of rotatable bonds is 7. The predicted octanol–water partition coefficient (Wildman–Crippen LogP) is 3.48. The van der Waals surface area contributed by atoms with E-state index >= 15 is 0 Å². The molecule has 5 nitrogen and oxygen atoms in total. The van der Waals surface area contributed by atoms with Gasteiger partial charge in [-0.3, -0.25) is 9.78 Å². The van der Waals surface area contributed by atoms with Gasteiger partial charge in [0, 0.05) is 24.5 Å². The van der Waals surface area contributed by atoms with Gasteiger partial charge in [0.05, 0.1) is 17.2 Å². The van der Waals surface area contributed by atoms with Crippen LogP contribution in [0.3, 0.4) is 0 Å². The fourth-order valence-corrected chi connectivity index (χ4v) is 3.96. The number of carbonyl (C=O) groups is 1. The van der Waals surface area contributed by atoms with Gasteiger partial charge in [-0.05, 0) is 35.9 Å². The Balaban J connectivity index is 1.77. The zero-order chi connectivity index (χ0) is 19.1. The SMILES string of the molecule is O=C(CCS(=O)(=O)c1ccccc1)N(Cc1cccnc1)c1ccccc1. The van der Waals surface area contributed by atoms with Crippen molar-refractivity contribution in [1.82, 2.24) is 4.98 Å². The van der Waals surface area contributed by atoms with Crippen LogP contribution in [0.2, 0.25) is 0 Å². The largest absolute Gasteiger partial charge is 0.308 e. The van der Waals surface area contributed by atoms with Gasteiger partial charge in [-0.15, -0.1) is 0 Å². The molecule has 0 bridgehead atoms. The van der Waals surface area contributed by atoms with E-state index in [2.05, 4.69) is 4.98 Å². The molecule has 1 amide bonds. The average molecular weight is 380 g/mol. The molecule has 0 spiro atoms. The highest BCUT2D eigenvalue weighted by molar-refractivity contribution is 7.91. The van der Waals surface area contributed by atoms with E-state index in [4.69, 9.17) is 0 Å². The molecule has 0 fully saturated rings. The molecule has 27 heavy (non-hydrogen) atoms. The highest BCUT2D eigenvalue weighted by atomic mass is 32.2. The van der Waals surface area contributed by atoms with Gasteiger partial charge in [0.1, 0.15) is 0 Å². The molecule has 138 valence electrons. The number of hydrogen-bond acceptors (Lipinski definition) is 4. The molecule has 0 atom stereocenters. The summed E-state index contributed by atoms with van der Waals surface area (Å²) in [6.45, 7) is 0.335. The van der Waals surface area contributed by atoms with Crippen molar-refractivity contribution in [3.8, 4) is 0 Å². The van der Waals surface area contributed by atoms with Gasteiger partial charge in [0.15, 0.2) is 9.84 Å². The van der Waals surface area contributed by atoms with E-state index in [-0.39, 0.29) is 23.0 Å². The Morgan fingerprint density at radius 2 is 1.56 bits per heavy atom. The lowest BCUT2D eigenvalue weighted by molar-refractivity contribution is -0.118. The monoisotopic (exact) mass is 380 g/mol. The van der Waals surface area contributed by atoms with Crippen molar-refractivity contribution in [3.63, 3.8) is 0 Å². The zero-order valence-electron chi connectivity index (χ0n) is 14.7. The second-order valence-electron chi connectivity index (χ2n) is 6.06. The van der Waals surface area contributed by atoms with Crippen LogP contribution in [0.1, 0.15) is 12.0 Å². The minimum absolute atomic E-state index is 0.0909. The third-order valence-corrected chi connectivity index (χ3v) is 5.85. The molecule has 0 saturated carbocycles. The van der Waals surface area contributed by atoms with Crippen LogP contribution in [0.4, 0.5) is 5.69 Å². The molecule has 1 aromatic heterocycles.